The number of amides is 1. The van der Waals surface area contributed by atoms with Crippen LogP contribution in [0, 0.1) is 0 Å². The molecule has 70 valence electrons. The van der Waals surface area contributed by atoms with Gasteiger partial charge in [0.25, 0.3) is 0 Å². The molecule has 2 aliphatic rings. The second-order valence-electron chi connectivity index (χ2n) is 3.15. The topological polar surface area (TPSA) is 29.5 Å². The monoisotopic (exact) mass is 171 g/mol. The van der Waals surface area contributed by atoms with Gasteiger partial charge < -0.3 is 9.64 Å². The average molecular weight is 171 g/mol. The Labute approximate surface area is 73.7 Å². The summed E-state index contributed by atoms with van der Waals surface area (Å²) >= 11 is 0. The number of carbonyl (C=O) groups is 1. The zero-order valence-corrected chi connectivity index (χ0v) is 8.09. The van der Waals surface area contributed by atoms with Crippen LogP contribution in [0.15, 0.2) is 0 Å². The minimum Gasteiger partial charge on any atom is -0.449 e. The molecule has 1 heterocycles. The molecule has 0 radical (unpaired) electrons. The normalized spacial score (nSPS) is 24.2. The van der Waals surface area contributed by atoms with Crippen molar-refractivity contribution in [1.29, 1.82) is 0 Å². The lowest BCUT2D eigenvalue weighted by atomic mass is 10.1. The highest BCUT2D eigenvalue weighted by Crippen LogP contribution is 2.45. The van der Waals surface area contributed by atoms with Gasteiger partial charge in [-0.1, -0.05) is 13.8 Å². The molecule has 1 aliphatic carbocycles. The number of nitrogens with zero attached hydrogens (tertiary/aromatic N) is 1. The summed E-state index contributed by atoms with van der Waals surface area (Å²) < 4.78 is 4.85. The molecule has 0 N–H and O–H groups in total. The van der Waals surface area contributed by atoms with Gasteiger partial charge >= 0.3 is 6.09 Å². The Kier molecular flexibility index (Phi) is 2.60. The van der Waals surface area contributed by atoms with Crippen LogP contribution >= 0.6 is 0 Å². The van der Waals surface area contributed by atoms with Crippen LogP contribution in [0.1, 0.15) is 33.1 Å². The van der Waals surface area contributed by atoms with E-state index in [0.29, 0.717) is 6.61 Å². The minimum atomic E-state index is -0.149. The van der Waals surface area contributed by atoms with Crippen LogP contribution in [0.5, 0.6) is 0 Å². The van der Waals surface area contributed by atoms with E-state index in [1.54, 1.807) is 4.90 Å². The Bertz CT molecular complexity index is 175. The van der Waals surface area contributed by atoms with E-state index in [9.17, 15) is 4.79 Å². The van der Waals surface area contributed by atoms with Crippen molar-refractivity contribution in [1.82, 2.24) is 4.90 Å². The maximum absolute atomic E-state index is 11.0. The van der Waals surface area contributed by atoms with Crippen molar-refractivity contribution in [3.05, 3.63) is 0 Å². The van der Waals surface area contributed by atoms with Crippen molar-refractivity contribution in [2.45, 2.75) is 38.6 Å². The standard InChI is InChI=1S/C7H11NO2.C2H6/c1-8-6(9)10-5-4-7(8)2-3-7;1-2/h2-5H2,1H3;1-2H3. The molecule has 0 bridgehead atoms. The number of ether oxygens (including phenoxy) is 1. The molecule has 0 atom stereocenters. The fourth-order valence-corrected chi connectivity index (χ4v) is 1.52. The fraction of sp³-hybridized carbons (Fsp3) is 0.889. The lowest BCUT2D eigenvalue weighted by Gasteiger charge is -2.31. The van der Waals surface area contributed by atoms with Gasteiger partial charge in [-0.25, -0.2) is 4.79 Å². The molecule has 1 saturated carbocycles. The van der Waals surface area contributed by atoms with E-state index in [-0.39, 0.29) is 11.6 Å². The van der Waals surface area contributed by atoms with Gasteiger partial charge in [0.05, 0.1) is 6.61 Å². The van der Waals surface area contributed by atoms with Crippen LogP contribution in [0.3, 0.4) is 0 Å². The van der Waals surface area contributed by atoms with Gasteiger partial charge in [-0.05, 0) is 12.8 Å². The summed E-state index contributed by atoms with van der Waals surface area (Å²) in [5.74, 6) is 0. The lowest BCUT2D eigenvalue weighted by Crippen LogP contribution is -2.44. The van der Waals surface area contributed by atoms with Crippen LogP contribution in [-0.4, -0.2) is 30.2 Å². The van der Waals surface area contributed by atoms with Crippen molar-refractivity contribution < 1.29 is 9.53 Å². The zero-order chi connectivity index (χ0) is 9.19. The first-order chi connectivity index (χ1) is 5.75. The van der Waals surface area contributed by atoms with E-state index in [2.05, 4.69) is 0 Å². The summed E-state index contributed by atoms with van der Waals surface area (Å²) in [5, 5.41) is 0. The molecule has 1 spiro atoms. The summed E-state index contributed by atoms with van der Waals surface area (Å²) in [4.78, 5) is 12.7. The highest BCUT2D eigenvalue weighted by atomic mass is 16.6. The van der Waals surface area contributed by atoms with Gasteiger partial charge in [-0.2, -0.15) is 0 Å². The lowest BCUT2D eigenvalue weighted by molar-refractivity contribution is 0.0482. The van der Waals surface area contributed by atoms with Crippen LogP contribution in [0.25, 0.3) is 0 Å². The molecule has 1 aliphatic heterocycles. The molecule has 2 rings (SSSR count). The second-order valence-corrected chi connectivity index (χ2v) is 3.15. The highest BCUT2D eigenvalue weighted by Gasteiger charge is 2.50. The summed E-state index contributed by atoms with van der Waals surface area (Å²) in [5.41, 5.74) is 0.218. The fourth-order valence-electron chi connectivity index (χ4n) is 1.52. The predicted octanol–water partition coefficient (Wildman–Crippen LogP) is 2.02. The molecule has 2 fully saturated rings. The molecule has 3 heteroatoms. The first-order valence-electron chi connectivity index (χ1n) is 4.65. The third-order valence-electron chi connectivity index (χ3n) is 2.61. The number of hydrogen-bond acceptors (Lipinski definition) is 2. The number of hydrogen-bond donors (Lipinski definition) is 0. The van der Waals surface area contributed by atoms with Crippen molar-refractivity contribution >= 4 is 6.09 Å². The van der Waals surface area contributed by atoms with Gasteiger partial charge in [-0.15, -0.1) is 0 Å². The zero-order valence-electron chi connectivity index (χ0n) is 8.09. The summed E-state index contributed by atoms with van der Waals surface area (Å²) in [6, 6.07) is 0. The molecular formula is C9H17NO2. The van der Waals surface area contributed by atoms with Crippen molar-refractivity contribution in [2.24, 2.45) is 0 Å². The Morgan fingerprint density at radius 3 is 2.33 bits per heavy atom. The van der Waals surface area contributed by atoms with Crippen LogP contribution < -0.4 is 0 Å². The Morgan fingerprint density at radius 1 is 1.33 bits per heavy atom. The maximum Gasteiger partial charge on any atom is 0.409 e. The molecule has 0 aromatic rings. The summed E-state index contributed by atoms with van der Waals surface area (Å²) in [6.07, 6.45) is 3.20. The maximum atomic E-state index is 11.0. The van der Waals surface area contributed by atoms with Crippen molar-refractivity contribution in [3.8, 4) is 0 Å². The number of cyclic esters (lactones) is 1. The smallest absolute Gasteiger partial charge is 0.409 e. The predicted molar refractivity (Wildman–Crippen MR) is 47.0 cm³/mol. The molecule has 0 aromatic carbocycles. The highest BCUT2D eigenvalue weighted by molar-refractivity contribution is 5.69. The molecule has 0 aromatic heterocycles. The van der Waals surface area contributed by atoms with Crippen molar-refractivity contribution in [3.63, 3.8) is 0 Å². The van der Waals surface area contributed by atoms with E-state index >= 15 is 0 Å². The number of carbonyl (C=O) groups excluding carboxylic acids is 1. The minimum absolute atomic E-state index is 0.149. The molecule has 3 nitrogen and oxygen atoms in total. The van der Waals surface area contributed by atoms with Gasteiger partial charge in [0.1, 0.15) is 0 Å². The third kappa shape index (κ3) is 1.40. The van der Waals surface area contributed by atoms with E-state index in [4.69, 9.17) is 4.74 Å². The quantitative estimate of drug-likeness (QED) is 0.558. The van der Waals surface area contributed by atoms with Gasteiger partial charge in [0, 0.05) is 19.0 Å². The van der Waals surface area contributed by atoms with Gasteiger partial charge in [0.15, 0.2) is 0 Å². The first-order valence-corrected chi connectivity index (χ1v) is 4.65. The van der Waals surface area contributed by atoms with E-state index < -0.39 is 0 Å². The van der Waals surface area contributed by atoms with Crippen LogP contribution in [-0.2, 0) is 4.74 Å². The Morgan fingerprint density at radius 2 is 1.92 bits per heavy atom. The largest absolute Gasteiger partial charge is 0.449 e. The van der Waals surface area contributed by atoms with E-state index in [1.807, 2.05) is 20.9 Å². The van der Waals surface area contributed by atoms with Crippen molar-refractivity contribution in [2.75, 3.05) is 13.7 Å². The Hall–Kier alpha value is -0.730. The molecule has 0 unspecified atom stereocenters. The summed E-state index contributed by atoms with van der Waals surface area (Å²) in [7, 11) is 1.83. The SMILES string of the molecule is CC.CN1C(=O)OCCC12CC2. The van der Waals surface area contributed by atoms with Gasteiger partial charge in [0.2, 0.25) is 0 Å². The first kappa shape index (κ1) is 9.36. The van der Waals surface area contributed by atoms with E-state index in [0.717, 1.165) is 6.42 Å². The molecule has 1 saturated heterocycles. The average Bonchev–Trinajstić information content (AvgIpc) is 2.86. The summed E-state index contributed by atoms with van der Waals surface area (Å²) in [6.45, 7) is 4.61. The van der Waals surface area contributed by atoms with E-state index in [1.165, 1.54) is 12.8 Å². The van der Waals surface area contributed by atoms with Crippen LogP contribution in [0.2, 0.25) is 0 Å². The van der Waals surface area contributed by atoms with Crippen LogP contribution in [0.4, 0.5) is 4.79 Å². The number of rotatable bonds is 0. The molecular weight excluding hydrogens is 154 g/mol. The van der Waals surface area contributed by atoms with Gasteiger partial charge in [-0.3, -0.25) is 0 Å². The third-order valence-corrected chi connectivity index (χ3v) is 2.61. The second kappa shape index (κ2) is 3.33. The molecule has 12 heavy (non-hydrogen) atoms. The Balaban J connectivity index is 0.000000336. The molecule has 1 amide bonds.